The number of carbonyl (C=O) groups excluding carboxylic acids is 2. The number of nitrogens with one attached hydrogen (secondary N) is 2. The van der Waals surface area contributed by atoms with Crippen molar-refractivity contribution in [2.75, 3.05) is 11.9 Å². The van der Waals surface area contributed by atoms with Crippen molar-refractivity contribution in [3.63, 3.8) is 0 Å². The molecule has 0 saturated carbocycles. The second-order valence-electron chi connectivity index (χ2n) is 5.05. The Balaban J connectivity index is 2.28. The van der Waals surface area contributed by atoms with Crippen molar-refractivity contribution >= 4 is 17.5 Å². The topological polar surface area (TPSA) is 71.1 Å². The standard InChI is InChI=1S/C13H19N3O2/c1-13(2,3)12(18)15-8-6-11(17)16-10-5-4-7-14-9-10/h4-5,7,9H,6,8H2,1-3H3,(H,15,18)(H,16,17). The third-order valence-corrected chi connectivity index (χ3v) is 2.26. The van der Waals surface area contributed by atoms with Gasteiger partial charge in [0, 0.05) is 24.6 Å². The molecule has 2 N–H and O–H groups in total. The van der Waals surface area contributed by atoms with Gasteiger partial charge in [-0.15, -0.1) is 0 Å². The molecule has 0 saturated heterocycles. The van der Waals surface area contributed by atoms with Gasteiger partial charge in [0.1, 0.15) is 0 Å². The summed E-state index contributed by atoms with van der Waals surface area (Å²) in [6.07, 6.45) is 3.46. The third-order valence-electron chi connectivity index (χ3n) is 2.26. The van der Waals surface area contributed by atoms with Gasteiger partial charge in [-0.25, -0.2) is 0 Å². The molecule has 98 valence electrons. The Hall–Kier alpha value is -1.91. The van der Waals surface area contributed by atoms with E-state index in [9.17, 15) is 9.59 Å². The fourth-order valence-corrected chi connectivity index (χ4v) is 1.21. The first kappa shape index (κ1) is 14.2. The molecule has 1 rings (SSSR count). The number of pyridine rings is 1. The van der Waals surface area contributed by atoms with Crippen molar-refractivity contribution < 1.29 is 9.59 Å². The number of nitrogens with zero attached hydrogens (tertiary/aromatic N) is 1. The summed E-state index contributed by atoms with van der Waals surface area (Å²) in [5.41, 5.74) is 0.226. The average Bonchev–Trinajstić information content (AvgIpc) is 2.28. The predicted molar refractivity (Wildman–Crippen MR) is 69.9 cm³/mol. The van der Waals surface area contributed by atoms with Crippen LogP contribution in [0.25, 0.3) is 0 Å². The number of hydrogen-bond acceptors (Lipinski definition) is 3. The molecule has 0 atom stereocenters. The monoisotopic (exact) mass is 249 g/mol. The lowest BCUT2D eigenvalue weighted by Crippen LogP contribution is -2.36. The normalized spacial score (nSPS) is 10.8. The number of amides is 2. The van der Waals surface area contributed by atoms with Crippen LogP contribution in [-0.4, -0.2) is 23.3 Å². The van der Waals surface area contributed by atoms with Crippen molar-refractivity contribution in [3.8, 4) is 0 Å². The van der Waals surface area contributed by atoms with E-state index in [2.05, 4.69) is 15.6 Å². The summed E-state index contributed by atoms with van der Waals surface area (Å²) in [5, 5.41) is 5.43. The number of carbonyl (C=O) groups is 2. The van der Waals surface area contributed by atoms with E-state index in [0.717, 1.165) is 0 Å². The smallest absolute Gasteiger partial charge is 0.226 e. The minimum Gasteiger partial charge on any atom is -0.355 e. The van der Waals surface area contributed by atoms with Gasteiger partial charge in [0.2, 0.25) is 11.8 Å². The molecule has 0 aliphatic rings. The Kier molecular flexibility index (Phi) is 4.83. The highest BCUT2D eigenvalue weighted by atomic mass is 16.2. The molecule has 0 radical (unpaired) electrons. The molecule has 0 aromatic carbocycles. The summed E-state index contributed by atoms with van der Waals surface area (Å²) >= 11 is 0. The first-order valence-electron chi connectivity index (χ1n) is 5.88. The zero-order valence-electron chi connectivity index (χ0n) is 11.0. The molecular weight excluding hydrogens is 230 g/mol. The molecule has 5 nitrogen and oxygen atoms in total. The Morgan fingerprint density at radius 3 is 2.61 bits per heavy atom. The molecule has 0 aliphatic carbocycles. The summed E-state index contributed by atoms with van der Waals surface area (Å²) < 4.78 is 0. The van der Waals surface area contributed by atoms with Crippen LogP contribution in [0.3, 0.4) is 0 Å². The zero-order valence-corrected chi connectivity index (χ0v) is 11.0. The van der Waals surface area contributed by atoms with E-state index in [1.165, 1.54) is 0 Å². The average molecular weight is 249 g/mol. The van der Waals surface area contributed by atoms with Crippen LogP contribution in [0.2, 0.25) is 0 Å². The van der Waals surface area contributed by atoms with Crippen LogP contribution in [0.15, 0.2) is 24.5 Å². The van der Waals surface area contributed by atoms with Gasteiger partial charge in [0.05, 0.1) is 11.9 Å². The van der Waals surface area contributed by atoms with Crippen LogP contribution in [0, 0.1) is 5.41 Å². The van der Waals surface area contributed by atoms with Crippen molar-refractivity contribution in [2.45, 2.75) is 27.2 Å². The Morgan fingerprint density at radius 1 is 1.33 bits per heavy atom. The maximum absolute atomic E-state index is 11.6. The maximum Gasteiger partial charge on any atom is 0.226 e. The van der Waals surface area contributed by atoms with E-state index in [0.29, 0.717) is 12.2 Å². The van der Waals surface area contributed by atoms with Crippen LogP contribution in [0.1, 0.15) is 27.2 Å². The van der Waals surface area contributed by atoms with Gasteiger partial charge >= 0.3 is 0 Å². The molecule has 0 bridgehead atoms. The van der Waals surface area contributed by atoms with Gasteiger partial charge in [-0.05, 0) is 12.1 Å². The highest BCUT2D eigenvalue weighted by molar-refractivity contribution is 5.91. The SMILES string of the molecule is CC(C)(C)C(=O)NCCC(=O)Nc1cccnc1. The maximum atomic E-state index is 11.6. The van der Waals surface area contributed by atoms with E-state index in [1.54, 1.807) is 24.5 Å². The molecule has 1 heterocycles. The summed E-state index contributed by atoms with van der Waals surface area (Å²) in [4.78, 5) is 27.0. The number of hydrogen-bond donors (Lipinski definition) is 2. The Labute approximate surface area is 107 Å². The fraction of sp³-hybridized carbons (Fsp3) is 0.462. The van der Waals surface area contributed by atoms with E-state index in [4.69, 9.17) is 0 Å². The molecule has 0 fully saturated rings. The van der Waals surface area contributed by atoms with Gasteiger partial charge in [-0.2, -0.15) is 0 Å². The van der Waals surface area contributed by atoms with Gasteiger partial charge in [-0.1, -0.05) is 20.8 Å². The van der Waals surface area contributed by atoms with Gasteiger partial charge in [0.25, 0.3) is 0 Å². The highest BCUT2D eigenvalue weighted by Gasteiger charge is 2.20. The molecule has 1 aromatic rings. The van der Waals surface area contributed by atoms with Crippen molar-refractivity contribution in [3.05, 3.63) is 24.5 Å². The van der Waals surface area contributed by atoms with Crippen molar-refractivity contribution in [1.82, 2.24) is 10.3 Å². The van der Waals surface area contributed by atoms with Gasteiger partial charge in [-0.3, -0.25) is 14.6 Å². The predicted octanol–water partition coefficient (Wildman–Crippen LogP) is 1.57. The van der Waals surface area contributed by atoms with E-state index >= 15 is 0 Å². The van der Waals surface area contributed by atoms with E-state index in [-0.39, 0.29) is 18.2 Å². The van der Waals surface area contributed by atoms with Crippen molar-refractivity contribution in [2.24, 2.45) is 5.41 Å². The fourth-order valence-electron chi connectivity index (χ4n) is 1.21. The first-order valence-corrected chi connectivity index (χ1v) is 5.88. The molecule has 18 heavy (non-hydrogen) atoms. The summed E-state index contributed by atoms with van der Waals surface area (Å²) in [5.74, 6) is -0.200. The van der Waals surface area contributed by atoms with Crippen LogP contribution in [0.4, 0.5) is 5.69 Å². The van der Waals surface area contributed by atoms with Crippen LogP contribution in [-0.2, 0) is 9.59 Å². The van der Waals surface area contributed by atoms with Crippen LogP contribution >= 0.6 is 0 Å². The molecule has 5 heteroatoms. The first-order chi connectivity index (χ1) is 8.39. The third kappa shape index (κ3) is 4.95. The molecule has 2 amide bonds. The largest absolute Gasteiger partial charge is 0.355 e. The molecule has 0 aliphatic heterocycles. The quantitative estimate of drug-likeness (QED) is 0.851. The molecule has 1 aromatic heterocycles. The number of anilines is 1. The highest BCUT2D eigenvalue weighted by Crippen LogP contribution is 2.12. The van der Waals surface area contributed by atoms with E-state index < -0.39 is 5.41 Å². The van der Waals surface area contributed by atoms with Gasteiger partial charge < -0.3 is 10.6 Å². The second-order valence-corrected chi connectivity index (χ2v) is 5.05. The summed E-state index contributed by atoms with van der Waals surface area (Å²) in [6.45, 7) is 5.83. The Morgan fingerprint density at radius 2 is 2.06 bits per heavy atom. The van der Waals surface area contributed by atoms with Crippen LogP contribution < -0.4 is 10.6 Å². The van der Waals surface area contributed by atoms with Crippen molar-refractivity contribution in [1.29, 1.82) is 0 Å². The Bertz CT molecular complexity index is 410. The molecular formula is C13H19N3O2. The minimum absolute atomic E-state index is 0.0586. The summed E-state index contributed by atoms with van der Waals surface area (Å²) in [6, 6.07) is 3.51. The van der Waals surface area contributed by atoms with Crippen LogP contribution in [0.5, 0.6) is 0 Å². The summed E-state index contributed by atoms with van der Waals surface area (Å²) in [7, 11) is 0. The number of rotatable bonds is 4. The molecule has 0 unspecified atom stereocenters. The van der Waals surface area contributed by atoms with E-state index in [1.807, 2.05) is 20.8 Å². The number of aromatic nitrogens is 1. The lowest BCUT2D eigenvalue weighted by molar-refractivity contribution is -0.128. The lowest BCUT2D eigenvalue weighted by Gasteiger charge is -2.17. The zero-order chi connectivity index (χ0) is 13.6. The second kappa shape index (κ2) is 6.14. The minimum atomic E-state index is -0.431. The molecule has 0 spiro atoms. The lowest BCUT2D eigenvalue weighted by atomic mass is 9.96. The van der Waals surface area contributed by atoms with Gasteiger partial charge in [0.15, 0.2) is 0 Å².